The molecule has 1 heterocycles. The van der Waals surface area contributed by atoms with E-state index in [2.05, 4.69) is 4.98 Å². The average molecular weight is 389 g/mol. The van der Waals surface area contributed by atoms with Crippen molar-refractivity contribution in [2.24, 2.45) is 0 Å². The predicted octanol–water partition coefficient (Wildman–Crippen LogP) is 4.16. The van der Waals surface area contributed by atoms with Crippen LogP contribution >= 0.6 is 10.7 Å². The van der Waals surface area contributed by atoms with E-state index >= 15 is 0 Å². The summed E-state index contributed by atoms with van der Waals surface area (Å²) in [6, 6.07) is 8.16. The van der Waals surface area contributed by atoms with E-state index in [9.17, 15) is 21.6 Å². The van der Waals surface area contributed by atoms with Crippen LogP contribution in [0.3, 0.4) is 0 Å². The van der Waals surface area contributed by atoms with Gasteiger partial charge in [0.15, 0.2) is 0 Å². The molecule has 0 spiro atoms. The Morgan fingerprint density at radius 2 is 1.52 bits per heavy atom. The summed E-state index contributed by atoms with van der Waals surface area (Å²) >= 11 is 0. The van der Waals surface area contributed by atoms with Gasteiger partial charge < -0.3 is 5.73 Å². The molecule has 2 aromatic carbocycles. The highest BCUT2D eigenvalue weighted by molar-refractivity contribution is 8.14. The van der Waals surface area contributed by atoms with Crippen molar-refractivity contribution in [3.8, 4) is 0 Å². The minimum absolute atomic E-state index is 0.104. The number of hydrogen-bond acceptors (Lipinski definition) is 4. The van der Waals surface area contributed by atoms with E-state index < -0.39 is 26.5 Å². The van der Waals surface area contributed by atoms with Crippen molar-refractivity contribution in [2.75, 3.05) is 5.73 Å². The first kappa shape index (κ1) is 19.0. The minimum atomic E-state index is -3.97. The fourth-order valence-corrected chi connectivity index (χ4v) is 3.12. The van der Waals surface area contributed by atoms with Gasteiger partial charge in [-0.15, -0.1) is 0 Å². The highest BCUT2D eigenvalue weighted by Crippen LogP contribution is 2.26. The molecule has 0 saturated heterocycles. The molecule has 0 saturated carbocycles. The van der Waals surface area contributed by atoms with Gasteiger partial charge in [-0.2, -0.15) is 0 Å². The molecule has 3 aromatic rings. The molecule has 9 heteroatoms. The fourth-order valence-electron chi connectivity index (χ4n) is 2.05. The number of hydrogen-bond donors (Lipinski definition) is 1. The number of rotatable bonds is 1. The Kier molecular flexibility index (Phi) is 5.54. The summed E-state index contributed by atoms with van der Waals surface area (Å²) in [5, 5.41) is 0.321. The van der Waals surface area contributed by atoms with Crippen molar-refractivity contribution in [1.82, 2.24) is 4.98 Å². The molecule has 0 aliphatic heterocycles. The molecular weight excluding hydrogens is 377 g/mol. The maximum atomic E-state index is 13.2. The summed E-state index contributed by atoms with van der Waals surface area (Å²) in [5.41, 5.74) is 6.14. The van der Waals surface area contributed by atoms with E-state index in [1.807, 2.05) is 0 Å². The van der Waals surface area contributed by atoms with Crippen LogP contribution in [0.15, 0.2) is 47.4 Å². The lowest BCUT2D eigenvalue weighted by molar-refractivity contribution is 0.584. The third-order valence-electron chi connectivity index (χ3n) is 3.02. The Hall–Kier alpha value is -2.32. The summed E-state index contributed by atoms with van der Waals surface area (Å²) in [4.78, 5) is 3.79. The predicted molar refractivity (Wildman–Crippen MR) is 90.2 cm³/mol. The number of nitrogens with two attached hydrogens (primary N) is 1. The number of pyridine rings is 1. The molecule has 0 unspecified atom stereocenters. The van der Waals surface area contributed by atoms with Crippen LogP contribution in [0.25, 0.3) is 10.9 Å². The Labute approximate surface area is 146 Å². The highest BCUT2D eigenvalue weighted by Gasteiger charge is 2.16. The summed E-state index contributed by atoms with van der Waals surface area (Å²) in [7, 11) is 1.25. The van der Waals surface area contributed by atoms with Gasteiger partial charge in [0.1, 0.15) is 17.5 Å². The van der Waals surface area contributed by atoms with E-state index in [0.29, 0.717) is 11.1 Å². The van der Waals surface area contributed by atoms with E-state index in [1.165, 1.54) is 6.07 Å². The Bertz CT molecular complexity index is 987. The van der Waals surface area contributed by atoms with Crippen LogP contribution in [0.5, 0.6) is 0 Å². The van der Waals surface area contributed by atoms with Crippen molar-refractivity contribution >= 4 is 36.3 Å². The van der Waals surface area contributed by atoms with Gasteiger partial charge in [0.05, 0.1) is 10.4 Å². The molecule has 3 rings (SSSR count). The molecule has 0 fully saturated rings. The number of benzene rings is 2. The summed E-state index contributed by atoms with van der Waals surface area (Å²) in [5.74, 6) is -1.97. The van der Waals surface area contributed by atoms with Crippen LogP contribution in [-0.2, 0) is 9.05 Å². The van der Waals surface area contributed by atoms with Crippen LogP contribution in [0.4, 0.5) is 18.9 Å². The molecule has 25 heavy (non-hydrogen) atoms. The van der Waals surface area contributed by atoms with E-state index in [1.54, 1.807) is 19.1 Å². The summed E-state index contributed by atoms with van der Waals surface area (Å²) in [6.07, 6.45) is 0. The maximum absolute atomic E-state index is 13.2. The number of nitrogen functional groups attached to an aromatic ring is 1. The van der Waals surface area contributed by atoms with Crippen LogP contribution in [-0.4, -0.2) is 13.4 Å². The molecular formula is C16H12ClF3N2O2S. The smallest absolute Gasteiger partial charge is 0.262 e. The third kappa shape index (κ3) is 5.07. The van der Waals surface area contributed by atoms with Gasteiger partial charge in [-0.3, -0.25) is 4.98 Å². The quantitative estimate of drug-likeness (QED) is 0.502. The first-order valence-corrected chi connectivity index (χ1v) is 9.10. The first-order valence-electron chi connectivity index (χ1n) is 6.79. The van der Waals surface area contributed by atoms with Gasteiger partial charge in [0, 0.05) is 39.6 Å². The van der Waals surface area contributed by atoms with E-state index in [4.69, 9.17) is 16.4 Å². The average Bonchev–Trinajstić information content (AvgIpc) is 2.44. The normalized spacial score (nSPS) is 11.1. The molecule has 2 N–H and O–H groups in total. The van der Waals surface area contributed by atoms with Crippen molar-refractivity contribution in [1.29, 1.82) is 0 Å². The molecule has 0 radical (unpaired) electrons. The second-order valence-electron chi connectivity index (χ2n) is 5.06. The van der Waals surface area contributed by atoms with Gasteiger partial charge >= 0.3 is 0 Å². The lowest BCUT2D eigenvalue weighted by Crippen LogP contribution is -1.95. The van der Waals surface area contributed by atoms with Gasteiger partial charge in [-0.1, -0.05) is 0 Å². The first-order chi connectivity index (χ1) is 11.6. The van der Waals surface area contributed by atoms with Crippen LogP contribution in [0, 0.1) is 24.4 Å². The molecule has 0 bridgehead atoms. The van der Waals surface area contributed by atoms with Crippen molar-refractivity contribution < 1.29 is 21.6 Å². The van der Waals surface area contributed by atoms with Crippen molar-refractivity contribution in [2.45, 2.75) is 11.8 Å². The number of fused-ring (bicyclic) bond motifs is 1. The van der Waals surface area contributed by atoms with E-state index in [0.717, 1.165) is 24.3 Å². The largest absolute Gasteiger partial charge is 0.399 e. The molecule has 0 aliphatic carbocycles. The fraction of sp³-hybridized carbons (Fsp3) is 0.0625. The van der Waals surface area contributed by atoms with Gasteiger partial charge in [0.2, 0.25) is 0 Å². The standard InChI is InChI=1S/C10H7ClFNO2S.C6H5F2N/c1-6-2-3-8-9(13-6)4-7(12)5-10(8)16(11,14)15;7-4-1-5(8)3-6(9)2-4/h2-5H,1H3;1-3H,9H2. The van der Waals surface area contributed by atoms with Crippen LogP contribution in [0.1, 0.15) is 5.69 Å². The summed E-state index contributed by atoms with van der Waals surface area (Å²) in [6.45, 7) is 1.74. The molecule has 4 nitrogen and oxygen atoms in total. The molecule has 132 valence electrons. The zero-order valence-electron chi connectivity index (χ0n) is 12.8. The topological polar surface area (TPSA) is 73.0 Å². The van der Waals surface area contributed by atoms with Gasteiger partial charge in [0.25, 0.3) is 9.05 Å². The Balaban J connectivity index is 0.000000212. The Morgan fingerprint density at radius 1 is 0.960 bits per heavy atom. The second-order valence-corrected chi connectivity index (χ2v) is 7.60. The molecule has 0 amide bonds. The van der Waals surface area contributed by atoms with Gasteiger partial charge in [-0.05, 0) is 37.3 Å². The second kappa shape index (κ2) is 7.28. The molecule has 0 atom stereocenters. The SMILES string of the molecule is Cc1ccc2c(S(=O)(=O)Cl)cc(F)cc2n1.Nc1cc(F)cc(F)c1. The molecule has 0 aliphatic rings. The highest BCUT2D eigenvalue weighted by atomic mass is 35.7. The van der Waals surface area contributed by atoms with Crippen LogP contribution in [0.2, 0.25) is 0 Å². The number of aromatic nitrogens is 1. The maximum Gasteiger partial charge on any atom is 0.262 e. The number of aryl methyl sites for hydroxylation is 1. The number of anilines is 1. The number of nitrogens with zero attached hydrogens (tertiary/aromatic N) is 1. The lowest BCUT2D eigenvalue weighted by atomic mass is 10.2. The minimum Gasteiger partial charge on any atom is -0.399 e. The Morgan fingerprint density at radius 3 is 2.04 bits per heavy atom. The zero-order chi connectivity index (χ0) is 18.8. The molecule has 1 aromatic heterocycles. The van der Waals surface area contributed by atoms with Crippen molar-refractivity contribution in [3.63, 3.8) is 0 Å². The zero-order valence-corrected chi connectivity index (χ0v) is 14.4. The van der Waals surface area contributed by atoms with Gasteiger partial charge in [-0.25, -0.2) is 21.6 Å². The van der Waals surface area contributed by atoms with Crippen molar-refractivity contribution in [3.05, 3.63) is 65.6 Å². The number of halogens is 4. The lowest BCUT2D eigenvalue weighted by Gasteiger charge is -2.04. The van der Waals surface area contributed by atoms with Crippen LogP contribution < -0.4 is 5.73 Å². The third-order valence-corrected chi connectivity index (χ3v) is 4.38. The summed E-state index contributed by atoms with van der Waals surface area (Å²) < 4.78 is 59.9. The monoisotopic (exact) mass is 388 g/mol. The van der Waals surface area contributed by atoms with E-state index in [-0.39, 0.29) is 16.1 Å².